The van der Waals surface area contributed by atoms with Crippen LogP contribution in [0.4, 0.5) is 0 Å². The van der Waals surface area contributed by atoms with Crippen LogP contribution in [0.15, 0.2) is 170 Å². The van der Waals surface area contributed by atoms with Crippen LogP contribution < -0.4 is 0 Å². The van der Waals surface area contributed by atoms with Gasteiger partial charge in [0, 0.05) is 0 Å². The number of benzene rings is 8. The molecule has 8 rings (SSSR count). The van der Waals surface area contributed by atoms with Crippen LogP contribution in [0.5, 0.6) is 0 Å². The number of fused-ring (bicyclic) bond motifs is 3. The summed E-state index contributed by atoms with van der Waals surface area (Å²) in [6, 6.07) is 61.9. The molecule has 0 radical (unpaired) electrons. The topological polar surface area (TPSA) is 0 Å². The van der Waals surface area contributed by atoms with E-state index >= 15 is 0 Å². The second kappa shape index (κ2) is 10.2. The highest BCUT2D eigenvalue weighted by molar-refractivity contribution is 6.12. The van der Waals surface area contributed by atoms with Gasteiger partial charge in [-0.15, -0.1) is 0 Å². The zero-order valence-corrected chi connectivity index (χ0v) is 23.2. The van der Waals surface area contributed by atoms with Gasteiger partial charge < -0.3 is 0 Å². The molecule has 0 saturated carbocycles. The van der Waals surface area contributed by atoms with E-state index in [4.69, 9.17) is 0 Å². The Morgan fingerprint density at radius 1 is 0.238 bits per heavy atom. The lowest BCUT2D eigenvalue weighted by molar-refractivity contribution is 1.60. The van der Waals surface area contributed by atoms with Crippen LogP contribution in [0.3, 0.4) is 0 Å². The molecule has 196 valence electrons. The highest BCUT2D eigenvalue weighted by atomic mass is 14.2. The van der Waals surface area contributed by atoms with E-state index in [9.17, 15) is 0 Å². The van der Waals surface area contributed by atoms with Crippen LogP contribution >= 0.6 is 0 Å². The molecule has 0 aliphatic heterocycles. The Kier molecular flexibility index (Phi) is 5.90. The molecule has 0 heteroatoms. The smallest absolute Gasteiger partial charge is 0.00262 e. The van der Waals surface area contributed by atoms with Crippen LogP contribution in [0.1, 0.15) is 0 Å². The molecule has 8 aromatic rings. The predicted octanol–water partition coefficient (Wildman–Crippen LogP) is 11.8. The number of rotatable bonds is 4. The van der Waals surface area contributed by atoms with Gasteiger partial charge in [0.2, 0.25) is 0 Å². The van der Waals surface area contributed by atoms with Crippen molar-refractivity contribution in [3.8, 4) is 44.5 Å². The van der Waals surface area contributed by atoms with E-state index < -0.39 is 0 Å². The molecule has 8 aromatic carbocycles. The van der Waals surface area contributed by atoms with Gasteiger partial charge in [0.1, 0.15) is 0 Å². The fourth-order valence-electron chi connectivity index (χ4n) is 6.34. The van der Waals surface area contributed by atoms with E-state index in [0.717, 1.165) is 0 Å². The molecule has 0 aliphatic carbocycles. The molecule has 0 spiro atoms. The van der Waals surface area contributed by atoms with Gasteiger partial charge in [0.15, 0.2) is 0 Å². The third kappa shape index (κ3) is 4.26. The van der Waals surface area contributed by atoms with Gasteiger partial charge >= 0.3 is 0 Å². The van der Waals surface area contributed by atoms with Gasteiger partial charge in [-0.1, -0.05) is 146 Å². The summed E-state index contributed by atoms with van der Waals surface area (Å²) in [5.41, 5.74) is 9.88. The Balaban J connectivity index is 1.49. The van der Waals surface area contributed by atoms with Gasteiger partial charge in [0.25, 0.3) is 0 Å². The summed E-state index contributed by atoms with van der Waals surface area (Å²) in [7, 11) is 0. The fourth-order valence-corrected chi connectivity index (χ4v) is 6.34. The van der Waals surface area contributed by atoms with Crippen molar-refractivity contribution in [1.29, 1.82) is 0 Å². The first kappa shape index (κ1) is 24.3. The van der Waals surface area contributed by atoms with E-state index in [2.05, 4.69) is 170 Å². The second-order valence-corrected chi connectivity index (χ2v) is 11.0. The Morgan fingerprint density at radius 3 is 1.45 bits per heavy atom. The Morgan fingerprint density at radius 2 is 0.786 bits per heavy atom. The quantitative estimate of drug-likeness (QED) is 0.211. The van der Waals surface area contributed by atoms with Crippen molar-refractivity contribution in [2.75, 3.05) is 0 Å². The summed E-state index contributed by atoms with van der Waals surface area (Å²) >= 11 is 0. The van der Waals surface area contributed by atoms with Gasteiger partial charge in [-0.05, 0) is 101 Å². The van der Waals surface area contributed by atoms with Crippen LogP contribution in [0.2, 0.25) is 0 Å². The van der Waals surface area contributed by atoms with Gasteiger partial charge in [-0.2, -0.15) is 0 Å². The molecule has 0 aromatic heterocycles. The highest BCUT2D eigenvalue weighted by Gasteiger charge is 2.17. The number of hydrogen-bond donors (Lipinski definition) is 0. The molecule has 0 atom stereocenters. The minimum absolute atomic E-state index is 1.22. The van der Waals surface area contributed by atoms with E-state index in [0.29, 0.717) is 0 Å². The first-order valence-corrected chi connectivity index (χ1v) is 14.5. The van der Waals surface area contributed by atoms with E-state index in [-0.39, 0.29) is 0 Å². The Bertz CT molecular complexity index is 2220. The zero-order valence-electron chi connectivity index (χ0n) is 23.2. The summed E-state index contributed by atoms with van der Waals surface area (Å²) in [4.78, 5) is 0. The molecule has 0 saturated heterocycles. The summed E-state index contributed by atoms with van der Waals surface area (Å²) in [6.45, 7) is 0. The summed E-state index contributed by atoms with van der Waals surface area (Å²) < 4.78 is 0. The average Bonchev–Trinajstić information content (AvgIpc) is 3.07. The van der Waals surface area contributed by atoms with Crippen molar-refractivity contribution in [2.24, 2.45) is 0 Å². The molecular weight excluding hydrogens is 504 g/mol. The van der Waals surface area contributed by atoms with Crippen molar-refractivity contribution >= 4 is 32.3 Å². The molecule has 0 fully saturated rings. The largest absolute Gasteiger partial charge is 0.0622 e. The highest BCUT2D eigenvalue weighted by Crippen LogP contribution is 2.44. The molecule has 0 N–H and O–H groups in total. The molecule has 0 unspecified atom stereocenters. The Labute approximate surface area is 246 Å². The van der Waals surface area contributed by atoms with Crippen LogP contribution in [0, 0.1) is 0 Å². The number of hydrogen-bond acceptors (Lipinski definition) is 0. The zero-order chi connectivity index (χ0) is 27.9. The van der Waals surface area contributed by atoms with E-state index in [1.54, 1.807) is 0 Å². The van der Waals surface area contributed by atoms with Crippen LogP contribution in [-0.2, 0) is 0 Å². The summed E-state index contributed by atoms with van der Waals surface area (Å²) in [5, 5.41) is 7.53. The Hall–Kier alpha value is -5.46. The lowest BCUT2D eigenvalue weighted by atomic mass is 9.84. The molecule has 0 nitrogen and oxygen atoms in total. The normalized spacial score (nSPS) is 11.3. The summed E-state index contributed by atoms with van der Waals surface area (Å²) in [5.74, 6) is 0. The molecule has 0 bridgehead atoms. The van der Waals surface area contributed by atoms with Gasteiger partial charge in [-0.3, -0.25) is 0 Å². The first-order chi connectivity index (χ1) is 20.8. The minimum atomic E-state index is 1.22. The average molecular weight is 533 g/mol. The molecule has 0 aliphatic rings. The lowest BCUT2D eigenvalue weighted by Gasteiger charge is -2.19. The van der Waals surface area contributed by atoms with Crippen LogP contribution in [0.25, 0.3) is 76.8 Å². The second-order valence-electron chi connectivity index (χ2n) is 11.0. The lowest BCUT2D eigenvalue weighted by Crippen LogP contribution is -1.92. The molecular formula is C42H28. The van der Waals surface area contributed by atoms with Crippen molar-refractivity contribution in [2.45, 2.75) is 0 Å². The van der Waals surface area contributed by atoms with E-state index in [1.807, 2.05) is 0 Å². The van der Waals surface area contributed by atoms with Crippen molar-refractivity contribution in [3.05, 3.63) is 170 Å². The standard InChI is InChI=1S/C42H28/c1-3-11-29(12-4-1)37-27-40(35-21-19-30-13-7-9-17-33(30)25-35)39-24-23-38(32-15-5-2-6-16-32)42(41(39)28-37)36-22-20-31-14-8-10-18-34(31)26-36/h1-28H. The first-order valence-electron chi connectivity index (χ1n) is 14.5. The van der Waals surface area contributed by atoms with Gasteiger partial charge in [-0.25, -0.2) is 0 Å². The molecule has 0 amide bonds. The molecule has 42 heavy (non-hydrogen) atoms. The third-order valence-corrected chi connectivity index (χ3v) is 8.43. The maximum absolute atomic E-state index is 2.40. The van der Waals surface area contributed by atoms with Gasteiger partial charge in [0.05, 0.1) is 0 Å². The monoisotopic (exact) mass is 532 g/mol. The van der Waals surface area contributed by atoms with Crippen molar-refractivity contribution in [1.82, 2.24) is 0 Å². The fraction of sp³-hybridized carbons (Fsp3) is 0. The minimum Gasteiger partial charge on any atom is -0.0622 e. The van der Waals surface area contributed by atoms with Crippen molar-refractivity contribution < 1.29 is 0 Å². The maximum atomic E-state index is 2.40. The maximum Gasteiger partial charge on any atom is -0.00262 e. The predicted molar refractivity (Wildman–Crippen MR) is 181 cm³/mol. The van der Waals surface area contributed by atoms with E-state index in [1.165, 1.54) is 76.8 Å². The third-order valence-electron chi connectivity index (χ3n) is 8.43. The van der Waals surface area contributed by atoms with Crippen LogP contribution in [-0.4, -0.2) is 0 Å². The molecule has 0 heterocycles. The summed E-state index contributed by atoms with van der Waals surface area (Å²) in [6.07, 6.45) is 0. The SMILES string of the molecule is c1ccc(-c2cc(-c3ccc4ccccc4c3)c3ccc(-c4ccccc4)c(-c4ccc5ccccc5c4)c3c2)cc1. The van der Waals surface area contributed by atoms with Crippen molar-refractivity contribution in [3.63, 3.8) is 0 Å².